The number of amides is 1. The van der Waals surface area contributed by atoms with Crippen molar-refractivity contribution in [2.75, 3.05) is 31.1 Å². The first-order valence-electron chi connectivity index (χ1n) is 7.57. The predicted octanol–water partition coefficient (Wildman–Crippen LogP) is 2.52. The van der Waals surface area contributed by atoms with Gasteiger partial charge in [-0.15, -0.1) is 0 Å². The summed E-state index contributed by atoms with van der Waals surface area (Å²) >= 11 is 3.66. The minimum atomic E-state index is 0.145. The lowest BCUT2D eigenvalue weighted by Crippen LogP contribution is -2.28. The molecule has 0 aromatic heterocycles. The zero-order valence-corrected chi connectivity index (χ0v) is 14.4. The van der Waals surface area contributed by atoms with Gasteiger partial charge in [0.15, 0.2) is 0 Å². The molecule has 116 valence electrons. The van der Waals surface area contributed by atoms with E-state index in [1.165, 1.54) is 11.3 Å². The molecule has 0 bridgehead atoms. The van der Waals surface area contributed by atoms with E-state index in [9.17, 15) is 4.79 Å². The van der Waals surface area contributed by atoms with Crippen LogP contribution in [0.3, 0.4) is 0 Å². The summed E-state index contributed by atoms with van der Waals surface area (Å²) in [7, 11) is 0. The van der Waals surface area contributed by atoms with E-state index in [-0.39, 0.29) is 5.91 Å². The molecule has 1 aliphatic rings. The Bertz CT molecular complexity index is 490. The van der Waals surface area contributed by atoms with Crippen molar-refractivity contribution >= 4 is 27.5 Å². The molecular formula is C16H24BrN3O. The highest BCUT2D eigenvalue weighted by Gasteiger charge is 2.14. The Balaban J connectivity index is 1.99. The lowest BCUT2D eigenvalue weighted by molar-refractivity contribution is -0.120. The smallest absolute Gasteiger partial charge is 0.221 e. The molecule has 1 heterocycles. The number of benzene rings is 1. The van der Waals surface area contributed by atoms with Gasteiger partial charge in [-0.25, -0.2) is 0 Å². The van der Waals surface area contributed by atoms with Crippen LogP contribution in [0.25, 0.3) is 0 Å². The van der Waals surface area contributed by atoms with Crippen molar-refractivity contribution in [1.82, 2.24) is 10.6 Å². The van der Waals surface area contributed by atoms with Crippen molar-refractivity contribution in [2.24, 2.45) is 5.92 Å². The number of anilines is 1. The maximum atomic E-state index is 11.4. The molecule has 1 aromatic rings. The zero-order chi connectivity index (χ0) is 15.2. The van der Waals surface area contributed by atoms with E-state index in [2.05, 4.69) is 63.5 Å². The normalized spacial score (nSPS) is 16.0. The van der Waals surface area contributed by atoms with Crippen LogP contribution >= 0.6 is 15.9 Å². The van der Waals surface area contributed by atoms with Crippen LogP contribution in [-0.4, -0.2) is 32.1 Å². The second kappa shape index (κ2) is 7.80. The summed E-state index contributed by atoms with van der Waals surface area (Å²) in [6, 6.07) is 6.46. The van der Waals surface area contributed by atoms with Crippen molar-refractivity contribution in [1.29, 1.82) is 0 Å². The highest BCUT2D eigenvalue weighted by Crippen LogP contribution is 2.24. The van der Waals surface area contributed by atoms with E-state index in [1.54, 1.807) is 0 Å². The second-order valence-electron chi connectivity index (χ2n) is 5.89. The zero-order valence-electron chi connectivity index (χ0n) is 12.8. The van der Waals surface area contributed by atoms with Gasteiger partial charge in [0.2, 0.25) is 5.91 Å². The van der Waals surface area contributed by atoms with Crippen molar-refractivity contribution in [3.63, 3.8) is 0 Å². The van der Waals surface area contributed by atoms with E-state index in [0.29, 0.717) is 18.9 Å². The van der Waals surface area contributed by atoms with E-state index in [1.807, 2.05) is 0 Å². The highest BCUT2D eigenvalue weighted by molar-refractivity contribution is 9.10. The van der Waals surface area contributed by atoms with Gasteiger partial charge >= 0.3 is 0 Å². The van der Waals surface area contributed by atoms with E-state index in [0.717, 1.165) is 30.7 Å². The number of hydrogen-bond donors (Lipinski definition) is 2. The molecule has 1 amide bonds. The average Bonchev–Trinajstić information content (AvgIpc) is 2.65. The molecule has 0 saturated carbocycles. The summed E-state index contributed by atoms with van der Waals surface area (Å²) in [6.07, 6.45) is 0.565. The molecule has 5 heteroatoms. The van der Waals surface area contributed by atoms with Crippen LogP contribution in [-0.2, 0) is 11.3 Å². The molecule has 1 aliphatic heterocycles. The Morgan fingerprint density at radius 2 is 2.19 bits per heavy atom. The maximum Gasteiger partial charge on any atom is 0.221 e. The van der Waals surface area contributed by atoms with Gasteiger partial charge < -0.3 is 15.5 Å². The molecule has 0 atom stereocenters. The lowest BCUT2D eigenvalue weighted by Gasteiger charge is -2.22. The molecule has 4 nitrogen and oxygen atoms in total. The van der Waals surface area contributed by atoms with Gasteiger partial charge in [0, 0.05) is 42.8 Å². The van der Waals surface area contributed by atoms with Gasteiger partial charge in [-0.3, -0.25) is 4.79 Å². The minimum Gasteiger partial charge on any atom is -0.369 e. The number of rotatable bonds is 5. The predicted molar refractivity (Wildman–Crippen MR) is 90.5 cm³/mol. The lowest BCUT2D eigenvalue weighted by atomic mass is 10.1. The van der Waals surface area contributed by atoms with Crippen LogP contribution in [0.5, 0.6) is 0 Å². The van der Waals surface area contributed by atoms with Crippen LogP contribution in [0, 0.1) is 5.92 Å². The van der Waals surface area contributed by atoms with E-state index in [4.69, 9.17) is 0 Å². The number of nitrogens with zero attached hydrogens (tertiary/aromatic N) is 1. The molecule has 0 unspecified atom stereocenters. The minimum absolute atomic E-state index is 0.145. The molecule has 0 aliphatic carbocycles. The van der Waals surface area contributed by atoms with Gasteiger partial charge in [0.1, 0.15) is 0 Å². The molecule has 2 rings (SSSR count). The standard InChI is InChI=1S/C16H24BrN3O/c1-12(2)10-18-11-13-3-4-14(9-15(13)17)20-7-5-16(21)19-6-8-20/h3-4,9,12,18H,5-8,10-11H2,1-2H3,(H,19,21). The van der Waals surface area contributed by atoms with Crippen LogP contribution in [0.1, 0.15) is 25.8 Å². The first kappa shape index (κ1) is 16.3. The van der Waals surface area contributed by atoms with Crippen LogP contribution in [0.15, 0.2) is 22.7 Å². The fraction of sp³-hybridized carbons (Fsp3) is 0.562. The first-order chi connectivity index (χ1) is 10.1. The quantitative estimate of drug-likeness (QED) is 0.854. The third kappa shape index (κ3) is 5.00. The summed E-state index contributed by atoms with van der Waals surface area (Å²) < 4.78 is 1.12. The molecule has 1 saturated heterocycles. The largest absolute Gasteiger partial charge is 0.369 e. The molecule has 1 aromatic carbocycles. The second-order valence-corrected chi connectivity index (χ2v) is 6.74. The summed E-state index contributed by atoms with van der Waals surface area (Å²) in [4.78, 5) is 13.7. The Labute approximate surface area is 135 Å². The summed E-state index contributed by atoms with van der Waals surface area (Å²) in [5.74, 6) is 0.802. The van der Waals surface area contributed by atoms with Crippen molar-refractivity contribution < 1.29 is 4.79 Å². The Kier molecular flexibility index (Phi) is 6.06. The van der Waals surface area contributed by atoms with Crippen LogP contribution in [0.4, 0.5) is 5.69 Å². The van der Waals surface area contributed by atoms with Crippen LogP contribution < -0.4 is 15.5 Å². The monoisotopic (exact) mass is 353 g/mol. The Morgan fingerprint density at radius 1 is 1.38 bits per heavy atom. The van der Waals surface area contributed by atoms with Gasteiger partial charge in [-0.05, 0) is 30.2 Å². The third-order valence-corrected chi connectivity index (χ3v) is 4.32. The van der Waals surface area contributed by atoms with Gasteiger partial charge in [0.05, 0.1) is 0 Å². The average molecular weight is 354 g/mol. The number of carbonyl (C=O) groups is 1. The maximum absolute atomic E-state index is 11.4. The first-order valence-corrected chi connectivity index (χ1v) is 8.36. The summed E-state index contributed by atoms with van der Waals surface area (Å²) in [5.41, 5.74) is 2.44. The van der Waals surface area contributed by atoms with Crippen molar-refractivity contribution in [3.05, 3.63) is 28.2 Å². The number of halogens is 1. The number of carbonyl (C=O) groups excluding carboxylic acids is 1. The topological polar surface area (TPSA) is 44.4 Å². The summed E-state index contributed by atoms with van der Waals surface area (Å²) in [6.45, 7) is 8.67. The summed E-state index contributed by atoms with van der Waals surface area (Å²) in [5, 5.41) is 6.36. The van der Waals surface area contributed by atoms with Crippen LogP contribution in [0.2, 0.25) is 0 Å². The molecule has 0 radical (unpaired) electrons. The van der Waals surface area contributed by atoms with Gasteiger partial charge in [0.25, 0.3) is 0 Å². The molecule has 21 heavy (non-hydrogen) atoms. The Morgan fingerprint density at radius 3 is 2.90 bits per heavy atom. The van der Waals surface area contributed by atoms with E-state index >= 15 is 0 Å². The fourth-order valence-electron chi connectivity index (χ4n) is 2.40. The molecule has 2 N–H and O–H groups in total. The molecule has 0 spiro atoms. The Hall–Kier alpha value is -1.07. The fourth-order valence-corrected chi connectivity index (χ4v) is 2.90. The highest BCUT2D eigenvalue weighted by atomic mass is 79.9. The van der Waals surface area contributed by atoms with Gasteiger partial charge in [-0.1, -0.05) is 35.8 Å². The van der Waals surface area contributed by atoms with Gasteiger partial charge in [-0.2, -0.15) is 0 Å². The third-order valence-electron chi connectivity index (χ3n) is 3.58. The molecular weight excluding hydrogens is 330 g/mol. The number of nitrogens with one attached hydrogen (secondary N) is 2. The van der Waals surface area contributed by atoms with Crippen molar-refractivity contribution in [2.45, 2.75) is 26.8 Å². The SMILES string of the molecule is CC(C)CNCc1ccc(N2CCNC(=O)CC2)cc1Br. The van der Waals surface area contributed by atoms with Crippen molar-refractivity contribution in [3.8, 4) is 0 Å². The molecule has 1 fully saturated rings. The number of hydrogen-bond acceptors (Lipinski definition) is 3. The van der Waals surface area contributed by atoms with E-state index < -0.39 is 0 Å².